The molecule has 0 radical (unpaired) electrons. The highest BCUT2D eigenvalue weighted by Crippen LogP contribution is 2.43. The van der Waals surface area contributed by atoms with Crippen LogP contribution in [0.25, 0.3) is 20.5 Å². The predicted octanol–water partition coefficient (Wildman–Crippen LogP) is 8.33. The minimum absolute atomic E-state index is 0.213. The second-order valence-corrected chi connectivity index (χ2v) is 11.2. The molecular formula is C31H28N2O3S2. The third kappa shape index (κ3) is 5.49. The van der Waals surface area contributed by atoms with Crippen LogP contribution < -0.4 is 10.4 Å². The Bertz CT molecular complexity index is 1570. The molecule has 2 aromatic heterocycles. The van der Waals surface area contributed by atoms with Crippen LogP contribution in [0.1, 0.15) is 32.6 Å². The van der Waals surface area contributed by atoms with E-state index in [-0.39, 0.29) is 12.4 Å². The number of hydrogen-bond donors (Lipinski definition) is 1. The fourth-order valence-electron chi connectivity index (χ4n) is 4.23. The molecule has 0 aliphatic heterocycles. The van der Waals surface area contributed by atoms with Crippen molar-refractivity contribution in [3.8, 4) is 10.4 Å². The van der Waals surface area contributed by atoms with Crippen LogP contribution in [0.5, 0.6) is 0 Å². The van der Waals surface area contributed by atoms with E-state index in [1.54, 1.807) is 6.92 Å². The summed E-state index contributed by atoms with van der Waals surface area (Å²) in [6.07, 6.45) is 1.12. The number of nitrogens with one attached hydrogen (secondary N) is 1. The molecule has 3 aromatic carbocycles. The number of rotatable bonds is 9. The first-order valence-electron chi connectivity index (χ1n) is 12.4. The minimum atomic E-state index is -0.254. The van der Waals surface area contributed by atoms with Crippen molar-refractivity contribution in [3.05, 3.63) is 99.7 Å². The van der Waals surface area contributed by atoms with Gasteiger partial charge in [-0.05, 0) is 68.8 Å². The van der Waals surface area contributed by atoms with Gasteiger partial charge in [0.15, 0.2) is 6.29 Å². The number of nitrogens with zero attached hydrogens (tertiary/aromatic N) is 1. The van der Waals surface area contributed by atoms with Crippen molar-refractivity contribution in [1.82, 2.24) is 0 Å². The molecule has 5 aromatic rings. The molecule has 5 nitrogen and oxygen atoms in total. The molecule has 0 fully saturated rings. The highest BCUT2D eigenvalue weighted by molar-refractivity contribution is 7.27. The van der Waals surface area contributed by atoms with E-state index in [4.69, 9.17) is 4.74 Å². The van der Waals surface area contributed by atoms with Gasteiger partial charge < -0.3 is 4.74 Å². The maximum Gasteiger partial charge on any atom is 0.311 e. The zero-order valence-corrected chi connectivity index (χ0v) is 23.1. The van der Waals surface area contributed by atoms with E-state index in [2.05, 4.69) is 97.1 Å². The summed E-state index contributed by atoms with van der Waals surface area (Å²) in [5, 5.41) is 3.07. The maximum absolute atomic E-state index is 12.0. The van der Waals surface area contributed by atoms with E-state index in [9.17, 15) is 9.59 Å². The lowest BCUT2D eigenvalue weighted by Crippen LogP contribution is -2.24. The molecule has 2 heterocycles. The topological polar surface area (TPSA) is 58.6 Å². The van der Waals surface area contributed by atoms with Crippen LogP contribution in [-0.2, 0) is 16.0 Å². The summed E-state index contributed by atoms with van der Waals surface area (Å²) in [4.78, 5) is 26.4. The van der Waals surface area contributed by atoms with Gasteiger partial charge in [0.25, 0.3) is 0 Å². The maximum atomic E-state index is 12.0. The number of hydrogen-bond acceptors (Lipinski definition) is 7. The third-order valence-electron chi connectivity index (χ3n) is 6.17. The Balaban J connectivity index is 1.49. The van der Waals surface area contributed by atoms with E-state index >= 15 is 0 Å². The molecule has 0 amide bonds. The molecule has 192 valence electrons. The van der Waals surface area contributed by atoms with Crippen molar-refractivity contribution in [1.29, 1.82) is 0 Å². The lowest BCUT2D eigenvalue weighted by molar-refractivity contribution is -0.142. The first kappa shape index (κ1) is 25.7. The minimum Gasteiger partial charge on any atom is -0.466 e. The van der Waals surface area contributed by atoms with Crippen molar-refractivity contribution in [2.75, 3.05) is 17.0 Å². The smallest absolute Gasteiger partial charge is 0.311 e. The van der Waals surface area contributed by atoms with Crippen molar-refractivity contribution in [2.24, 2.45) is 0 Å². The lowest BCUT2D eigenvalue weighted by atomic mass is 10.1. The standard InChI is InChI=1S/C31H28N2O3S2/c1-4-36-29(35)18-26-17-27-30(38-28(19-34)31(27)37-26)22-9-15-25(16-10-22)33(24-13-7-21(3)8-14-24)32-23-11-5-20(2)6-12-23/h5-17,19,32H,4,18H2,1-3H3. The Kier molecular flexibility index (Phi) is 7.58. The number of aryl methyl sites for hydroxylation is 2. The van der Waals surface area contributed by atoms with E-state index in [0.717, 1.165) is 48.8 Å². The number of anilines is 3. The molecule has 0 aliphatic rings. The normalized spacial score (nSPS) is 10.9. The van der Waals surface area contributed by atoms with Crippen LogP contribution in [0.2, 0.25) is 0 Å². The second-order valence-electron chi connectivity index (χ2n) is 9.05. The van der Waals surface area contributed by atoms with Gasteiger partial charge in [-0.25, -0.2) is 0 Å². The van der Waals surface area contributed by atoms with Gasteiger partial charge in [-0.15, -0.1) is 22.7 Å². The van der Waals surface area contributed by atoms with Crippen LogP contribution in [0, 0.1) is 13.8 Å². The van der Waals surface area contributed by atoms with Crippen LogP contribution in [0.3, 0.4) is 0 Å². The number of fused-ring (bicyclic) bond motifs is 1. The molecule has 5 rings (SSSR count). The first-order valence-corrected chi connectivity index (χ1v) is 14.0. The Hall–Kier alpha value is -3.94. The van der Waals surface area contributed by atoms with E-state index < -0.39 is 0 Å². The molecular weight excluding hydrogens is 512 g/mol. The molecule has 0 spiro atoms. The van der Waals surface area contributed by atoms with E-state index in [1.165, 1.54) is 33.8 Å². The van der Waals surface area contributed by atoms with Crippen LogP contribution in [0.15, 0.2) is 78.9 Å². The Labute approximate surface area is 230 Å². The zero-order valence-electron chi connectivity index (χ0n) is 21.5. The van der Waals surface area contributed by atoms with Gasteiger partial charge in [-0.2, -0.15) is 0 Å². The lowest BCUT2D eigenvalue weighted by Gasteiger charge is -2.27. The number of carbonyl (C=O) groups excluding carboxylic acids is 2. The summed E-state index contributed by atoms with van der Waals surface area (Å²) in [5.74, 6) is -0.254. The van der Waals surface area contributed by atoms with Crippen molar-refractivity contribution in [3.63, 3.8) is 0 Å². The summed E-state index contributed by atoms with van der Waals surface area (Å²) in [6, 6.07) is 27.0. The van der Waals surface area contributed by atoms with Crippen molar-refractivity contribution < 1.29 is 14.3 Å². The van der Waals surface area contributed by atoms with Gasteiger partial charge >= 0.3 is 5.97 Å². The van der Waals surface area contributed by atoms with Gasteiger partial charge in [0.05, 0.1) is 39.7 Å². The Morgan fingerprint density at radius 1 is 0.895 bits per heavy atom. The summed E-state index contributed by atoms with van der Waals surface area (Å²) in [6.45, 7) is 6.31. The monoisotopic (exact) mass is 540 g/mol. The second kappa shape index (κ2) is 11.2. The number of ether oxygens (including phenoxy) is 1. The molecule has 1 N–H and O–H groups in total. The average Bonchev–Trinajstić information content (AvgIpc) is 3.48. The Morgan fingerprint density at radius 2 is 1.50 bits per heavy atom. The number of carbonyl (C=O) groups is 2. The quantitative estimate of drug-likeness (QED) is 0.116. The summed E-state index contributed by atoms with van der Waals surface area (Å²) < 4.78 is 6.03. The van der Waals surface area contributed by atoms with E-state index in [1.807, 2.05) is 6.07 Å². The summed E-state index contributed by atoms with van der Waals surface area (Å²) in [7, 11) is 0. The third-order valence-corrected chi connectivity index (χ3v) is 8.64. The molecule has 7 heteroatoms. The molecule has 0 unspecified atom stereocenters. The van der Waals surface area contributed by atoms with Gasteiger partial charge in [0.2, 0.25) is 0 Å². The number of esters is 1. The number of benzene rings is 3. The number of thiophene rings is 2. The highest BCUT2D eigenvalue weighted by atomic mass is 32.1. The van der Waals surface area contributed by atoms with Crippen molar-refractivity contribution in [2.45, 2.75) is 27.2 Å². The average molecular weight is 541 g/mol. The van der Waals surface area contributed by atoms with Gasteiger partial charge in [-0.3, -0.25) is 20.0 Å². The molecule has 0 saturated heterocycles. The highest BCUT2D eigenvalue weighted by Gasteiger charge is 2.18. The first-order chi connectivity index (χ1) is 18.4. The molecule has 0 bridgehead atoms. The molecule has 38 heavy (non-hydrogen) atoms. The largest absolute Gasteiger partial charge is 0.466 e. The molecule has 0 aliphatic carbocycles. The summed E-state index contributed by atoms with van der Waals surface area (Å²) >= 11 is 2.97. The van der Waals surface area contributed by atoms with Crippen LogP contribution >= 0.6 is 22.7 Å². The van der Waals surface area contributed by atoms with Crippen LogP contribution in [0.4, 0.5) is 17.1 Å². The SMILES string of the molecule is CCOC(=O)Cc1cc2c(-c3ccc(N(Nc4ccc(C)cc4)c4ccc(C)cc4)cc3)sc(C=O)c2s1. The zero-order chi connectivity index (χ0) is 26.6. The Morgan fingerprint density at radius 3 is 2.11 bits per heavy atom. The fourth-order valence-corrected chi connectivity index (χ4v) is 6.59. The predicted molar refractivity (Wildman–Crippen MR) is 159 cm³/mol. The van der Waals surface area contributed by atoms with Gasteiger partial charge in [0, 0.05) is 15.1 Å². The summed E-state index contributed by atoms with van der Waals surface area (Å²) in [5.41, 5.74) is 9.96. The molecule has 0 saturated carbocycles. The van der Waals surface area contributed by atoms with Crippen molar-refractivity contribution >= 4 is 62.1 Å². The number of aldehydes is 1. The van der Waals surface area contributed by atoms with E-state index in [0.29, 0.717) is 11.5 Å². The van der Waals surface area contributed by atoms with Gasteiger partial charge in [0.1, 0.15) is 0 Å². The fraction of sp³-hybridized carbons (Fsp3) is 0.161. The van der Waals surface area contributed by atoms with Gasteiger partial charge in [-0.1, -0.05) is 47.5 Å². The van der Waals surface area contributed by atoms with Crippen LogP contribution in [-0.4, -0.2) is 18.9 Å². The number of hydrazine groups is 1. The molecule has 0 atom stereocenters.